The summed E-state index contributed by atoms with van der Waals surface area (Å²) in [5.74, 6) is 1.06. The van der Waals surface area contributed by atoms with Crippen LogP contribution in [-0.4, -0.2) is 46.6 Å². The highest BCUT2D eigenvalue weighted by Gasteiger charge is 2.20. The minimum absolute atomic E-state index is 0.0165. The van der Waals surface area contributed by atoms with Crippen molar-refractivity contribution in [2.75, 3.05) is 19.6 Å². The topological polar surface area (TPSA) is 71.3 Å². The van der Waals surface area contributed by atoms with Crippen LogP contribution in [-0.2, 0) is 0 Å². The van der Waals surface area contributed by atoms with Gasteiger partial charge in [-0.3, -0.25) is 4.79 Å². The number of nitrogens with one attached hydrogen (secondary N) is 1. The molecular weight excluding hydrogens is 304 g/mol. The SMILES string of the molecule is CCCN1CCC(NC(=O)c2ccc(-c3nc(C)no3)cc2)CC1. The quantitative estimate of drug-likeness (QED) is 0.913. The molecule has 6 heteroatoms. The van der Waals surface area contributed by atoms with Crippen molar-refractivity contribution in [1.82, 2.24) is 20.4 Å². The van der Waals surface area contributed by atoms with E-state index in [4.69, 9.17) is 4.52 Å². The molecule has 0 bridgehead atoms. The Morgan fingerprint density at radius 1 is 1.29 bits per heavy atom. The fourth-order valence-corrected chi connectivity index (χ4v) is 3.06. The highest BCUT2D eigenvalue weighted by molar-refractivity contribution is 5.94. The molecule has 1 fully saturated rings. The smallest absolute Gasteiger partial charge is 0.257 e. The van der Waals surface area contributed by atoms with Crippen molar-refractivity contribution in [2.24, 2.45) is 0 Å². The van der Waals surface area contributed by atoms with Crippen molar-refractivity contribution in [1.29, 1.82) is 0 Å². The molecule has 0 saturated carbocycles. The molecule has 2 aromatic rings. The summed E-state index contributed by atoms with van der Waals surface area (Å²) in [5.41, 5.74) is 1.48. The van der Waals surface area contributed by atoms with Crippen LogP contribution in [0.15, 0.2) is 28.8 Å². The summed E-state index contributed by atoms with van der Waals surface area (Å²) < 4.78 is 5.14. The van der Waals surface area contributed by atoms with Crippen molar-refractivity contribution >= 4 is 5.91 Å². The second-order valence-corrected chi connectivity index (χ2v) is 6.31. The van der Waals surface area contributed by atoms with E-state index in [2.05, 4.69) is 27.3 Å². The molecule has 1 N–H and O–H groups in total. The van der Waals surface area contributed by atoms with E-state index in [0.29, 0.717) is 17.3 Å². The van der Waals surface area contributed by atoms with Crippen LogP contribution in [0.5, 0.6) is 0 Å². The first-order chi connectivity index (χ1) is 11.7. The lowest BCUT2D eigenvalue weighted by molar-refractivity contribution is 0.0911. The molecule has 1 amide bonds. The van der Waals surface area contributed by atoms with Crippen molar-refractivity contribution in [3.05, 3.63) is 35.7 Å². The first kappa shape index (κ1) is 16.6. The molecule has 3 rings (SSSR count). The number of rotatable bonds is 5. The predicted octanol–water partition coefficient (Wildman–Crippen LogP) is 2.65. The van der Waals surface area contributed by atoms with Gasteiger partial charge in [0.25, 0.3) is 11.8 Å². The molecule has 0 atom stereocenters. The maximum Gasteiger partial charge on any atom is 0.257 e. The van der Waals surface area contributed by atoms with E-state index in [0.717, 1.165) is 38.0 Å². The number of likely N-dealkylation sites (tertiary alicyclic amines) is 1. The highest BCUT2D eigenvalue weighted by atomic mass is 16.5. The summed E-state index contributed by atoms with van der Waals surface area (Å²) in [6.45, 7) is 7.26. The van der Waals surface area contributed by atoms with Crippen LogP contribution < -0.4 is 5.32 Å². The maximum absolute atomic E-state index is 12.4. The van der Waals surface area contributed by atoms with Gasteiger partial charge in [0.2, 0.25) is 0 Å². The first-order valence-electron chi connectivity index (χ1n) is 8.59. The fraction of sp³-hybridized carbons (Fsp3) is 0.500. The molecule has 1 aliphatic heterocycles. The maximum atomic E-state index is 12.4. The molecule has 1 aromatic carbocycles. The summed E-state index contributed by atoms with van der Waals surface area (Å²) >= 11 is 0. The van der Waals surface area contributed by atoms with Crippen LogP contribution >= 0.6 is 0 Å². The Morgan fingerprint density at radius 2 is 2.00 bits per heavy atom. The lowest BCUT2D eigenvalue weighted by atomic mass is 10.0. The largest absolute Gasteiger partial charge is 0.349 e. The highest BCUT2D eigenvalue weighted by Crippen LogP contribution is 2.18. The number of aromatic nitrogens is 2. The number of benzene rings is 1. The van der Waals surface area contributed by atoms with E-state index in [1.54, 1.807) is 19.1 Å². The summed E-state index contributed by atoms with van der Waals surface area (Å²) in [5, 5.41) is 6.92. The number of hydrogen-bond acceptors (Lipinski definition) is 5. The average molecular weight is 328 g/mol. The van der Waals surface area contributed by atoms with E-state index in [1.807, 2.05) is 12.1 Å². The van der Waals surface area contributed by atoms with Crippen LogP contribution in [0.1, 0.15) is 42.4 Å². The predicted molar refractivity (Wildman–Crippen MR) is 91.7 cm³/mol. The van der Waals surface area contributed by atoms with E-state index in [9.17, 15) is 4.79 Å². The van der Waals surface area contributed by atoms with Gasteiger partial charge in [0.05, 0.1) is 0 Å². The van der Waals surface area contributed by atoms with Gasteiger partial charge in [0, 0.05) is 30.3 Å². The Labute approximate surface area is 142 Å². The van der Waals surface area contributed by atoms with Gasteiger partial charge in [-0.1, -0.05) is 12.1 Å². The number of hydrogen-bond donors (Lipinski definition) is 1. The normalized spacial score (nSPS) is 16.2. The molecule has 0 radical (unpaired) electrons. The van der Waals surface area contributed by atoms with Gasteiger partial charge < -0.3 is 14.7 Å². The van der Waals surface area contributed by atoms with E-state index < -0.39 is 0 Å². The fourth-order valence-electron chi connectivity index (χ4n) is 3.06. The van der Waals surface area contributed by atoms with Gasteiger partial charge >= 0.3 is 0 Å². The number of aryl methyl sites for hydroxylation is 1. The molecular formula is C18H24N4O2. The van der Waals surface area contributed by atoms with Crippen molar-refractivity contribution in [3.8, 4) is 11.5 Å². The first-order valence-corrected chi connectivity index (χ1v) is 8.59. The van der Waals surface area contributed by atoms with Gasteiger partial charge in [-0.2, -0.15) is 4.98 Å². The Hall–Kier alpha value is -2.21. The lowest BCUT2D eigenvalue weighted by Gasteiger charge is -2.32. The van der Waals surface area contributed by atoms with Crippen LogP contribution in [0.4, 0.5) is 0 Å². The van der Waals surface area contributed by atoms with Crippen LogP contribution in [0, 0.1) is 6.92 Å². The molecule has 6 nitrogen and oxygen atoms in total. The second-order valence-electron chi connectivity index (χ2n) is 6.31. The number of piperidine rings is 1. The third kappa shape index (κ3) is 4.00. The molecule has 1 saturated heterocycles. The van der Waals surface area contributed by atoms with E-state index >= 15 is 0 Å². The summed E-state index contributed by atoms with van der Waals surface area (Å²) in [6, 6.07) is 7.55. The monoisotopic (exact) mass is 328 g/mol. The summed E-state index contributed by atoms with van der Waals surface area (Å²) in [6.07, 6.45) is 3.22. The van der Waals surface area contributed by atoms with Gasteiger partial charge in [-0.15, -0.1) is 0 Å². The Bertz CT molecular complexity index is 673. The third-order valence-electron chi connectivity index (χ3n) is 4.38. The van der Waals surface area contributed by atoms with Crippen LogP contribution in [0.3, 0.4) is 0 Å². The molecule has 2 heterocycles. The molecule has 128 valence electrons. The Kier molecular flexibility index (Phi) is 5.25. The number of carbonyl (C=O) groups is 1. The standard InChI is InChI=1S/C18H24N4O2/c1-3-10-22-11-8-16(9-12-22)20-17(23)14-4-6-15(7-5-14)18-19-13(2)21-24-18/h4-7,16H,3,8-12H2,1-2H3,(H,20,23). The third-order valence-corrected chi connectivity index (χ3v) is 4.38. The van der Waals surface area contributed by atoms with Crippen LogP contribution in [0.25, 0.3) is 11.5 Å². The van der Waals surface area contributed by atoms with Gasteiger partial charge in [-0.05, 0) is 57.0 Å². The zero-order valence-corrected chi connectivity index (χ0v) is 14.3. The van der Waals surface area contributed by atoms with E-state index in [-0.39, 0.29) is 11.9 Å². The minimum Gasteiger partial charge on any atom is -0.349 e. The molecule has 1 aliphatic rings. The molecule has 1 aromatic heterocycles. The number of amides is 1. The van der Waals surface area contributed by atoms with Gasteiger partial charge in [0.15, 0.2) is 5.82 Å². The van der Waals surface area contributed by atoms with E-state index in [1.165, 1.54) is 6.42 Å². The molecule has 0 aliphatic carbocycles. The van der Waals surface area contributed by atoms with Gasteiger partial charge in [0.1, 0.15) is 0 Å². The molecule has 0 spiro atoms. The lowest BCUT2D eigenvalue weighted by Crippen LogP contribution is -2.44. The minimum atomic E-state index is -0.0165. The Morgan fingerprint density at radius 3 is 2.58 bits per heavy atom. The summed E-state index contributed by atoms with van der Waals surface area (Å²) in [4.78, 5) is 19.0. The molecule has 0 unspecified atom stereocenters. The molecule has 24 heavy (non-hydrogen) atoms. The van der Waals surface area contributed by atoms with Crippen molar-refractivity contribution < 1.29 is 9.32 Å². The zero-order valence-electron chi connectivity index (χ0n) is 14.3. The van der Waals surface area contributed by atoms with Crippen molar-refractivity contribution in [3.63, 3.8) is 0 Å². The van der Waals surface area contributed by atoms with Crippen LogP contribution in [0.2, 0.25) is 0 Å². The second kappa shape index (κ2) is 7.57. The summed E-state index contributed by atoms with van der Waals surface area (Å²) in [7, 11) is 0. The number of carbonyl (C=O) groups excluding carboxylic acids is 1. The van der Waals surface area contributed by atoms with Gasteiger partial charge in [-0.25, -0.2) is 0 Å². The number of nitrogens with zero attached hydrogens (tertiary/aromatic N) is 3. The average Bonchev–Trinajstić information content (AvgIpc) is 3.03. The Balaban J connectivity index is 1.56. The van der Waals surface area contributed by atoms with Crippen molar-refractivity contribution in [2.45, 2.75) is 39.2 Å². The zero-order chi connectivity index (χ0) is 16.9.